The molecular weight excluding hydrogens is 593 g/mol. The summed E-state index contributed by atoms with van der Waals surface area (Å²) in [4.78, 5) is 1.09. The molecule has 0 unspecified atom stereocenters. The second kappa shape index (κ2) is 17.2. The van der Waals surface area contributed by atoms with Crippen molar-refractivity contribution in [1.82, 2.24) is 0 Å². The molecule has 1 heterocycles. The van der Waals surface area contributed by atoms with Gasteiger partial charge in [-0.15, -0.1) is 0 Å². The molecule has 1 saturated heterocycles. The van der Waals surface area contributed by atoms with Gasteiger partial charge in [-0.3, -0.25) is 0 Å². The number of benzene rings is 5. The lowest BCUT2D eigenvalue weighted by atomic mass is 9.98. The smallest absolute Gasteiger partial charge is 0.137 e. The van der Waals surface area contributed by atoms with Crippen LogP contribution in [0.1, 0.15) is 22.3 Å². The molecule has 236 valence electrons. The van der Waals surface area contributed by atoms with Crippen LogP contribution < -0.4 is 0 Å². The fourth-order valence-corrected chi connectivity index (χ4v) is 6.62. The van der Waals surface area contributed by atoms with E-state index in [1.54, 1.807) is 11.8 Å². The molecule has 0 aromatic heterocycles. The number of hydrogen-bond donors (Lipinski definition) is 0. The van der Waals surface area contributed by atoms with Gasteiger partial charge in [0, 0.05) is 4.90 Å². The van der Waals surface area contributed by atoms with Gasteiger partial charge in [-0.25, -0.2) is 0 Å². The fourth-order valence-electron chi connectivity index (χ4n) is 5.48. The van der Waals surface area contributed by atoms with E-state index in [4.69, 9.17) is 23.7 Å². The summed E-state index contributed by atoms with van der Waals surface area (Å²) in [7, 11) is 0. The molecule has 6 rings (SSSR count). The van der Waals surface area contributed by atoms with E-state index in [0.717, 1.165) is 27.1 Å². The lowest BCUT2D eigenvalue weighted by Crippen LogP contribution is -2.60. The molecule has 46 heavy (non-hydrogen) atoms. The number of ether oxygens (including phenoxy) is 5. The van der Waals surface area contributed by atoms with Crippen molar-refractivity contribution in [3.05, 3.63) is 174 Å². The first-order valence-corrected chi connectivity index (χ1v) is 16.7. The minimum atomic E-state index is -0.451. The van der Waals surface area contributed by atoms with Gasteiger partial charge in [-0.2, -0.15) is 0 Å². The summed E-state index contributed by atoms with van der Waals surface area (Å²) in [5.41, 5.74) is 3.99. The van der Waals surface area contributed by atoms with E-state index in [1.807, 2.05) is 91.0 Å². The minimum absolute atomic E-state index is 0.344. The summed E-state index contributed by atoms with van der Waals surface area (Å²) in [6.45, 7) is 2.08. The van der Waals surface area contributed by atoms with Gasteiger partial charge in [0.2, 0.25) is 0 Å². The second-order valence-corrected chi connectivity index (χ2v) is 12.4. The first-order chi connectivity index (χ1) is 22.8. The van der Waals surface area contributed by atoms with Crippen molar-refractivity contribution in [2.24, 2.45) is 0 Å². The van der Waals surface area contributed by atoms with E-state index < -0.39 is 24.4 Å². The van der Waals surface area contributed by atoms with Crippen LogP contribution in [-0.4, -0.2) is 36.5 Å². The van der Waals surface area contributed by atoms with E-state index in [9.17, 15) is 0 Å². The molecule has 5 nitrogen and oxygen atoms in total. The first-order valence-electron chi connectivity index (χ1n) is 15.8. The largest absolute Gasteiger partial charge is 0.374 e. The highest BCUT2D eigenvalue weighted by Crippen LogP contribution is 2.38. The van der Waals surface area contributed by atoms with Crippen LogP contribution in [0.25, 0.3) is 0 Å². The van der Waals surface area contributed by atoms with Crippen molar-refractivity contribution >= 4 is 11.8 Å². The molecule has 0 bridgehead atoms. The third-order valence-corrected chi connectivity index (χ3v) is 8.99. The Labute approximate surface area is 276 Å². The Balaban J connectivity index is 1.31. The molecule has 0 spiro atoms. The predicted octanol–water partition coefficient (Wildman–Crippen LogP) is 8.48. The SMILES string of the molecule is c1ccc(COC[C@H]2O[C@@H](Sc3ccccc3)[C@H](OCc3ccccc3)[C@@H](OCc3ccccc3)[C@H]2OCc2ccccc2)cc1. The van der Waals surface area contributed by atoms with Gasteiger partial charge in [0.15, 0.2) is 0 Å². The normalized spacial score (nSPS) is 21.2. The second-order valence-electron chi connectivity index (χ2n) is 11.3. The molecule has 0 radical (unpaired) electrons. The molecule has 0 N–H and O–H groups in total. The Bertz CT molecular complexity index is 1540. The summed E-state index contributed by atoms with van der Waals surface area (Å²) >= 11 is 1.64. The fraction of sp³-hybridized carbons (Fsp3) is 0.250. The Morgan fingerprint density at radius 2 is 0.826 bits per heavy atom. The van der Waals surface area contributed by atoms with Gasteiger partial charge in [0.05, 0.1) is 33.0 Å². The minimum Gasteiger partial charge on any atom is -0.374 e. The number of rotatable bonds is 15. The van der Waals surface area contributed by atoms with Gasteiger partial charge in [0.1, 0.15) is 29.9 Å². The van der Waals surface area contributed by atoms with Crippen LogP contribution in [0.5, 0.6) is 0 Å². The third kappa shape index (κ3) is 9.39. The van der Waals surface area contributed by atoms with Crippen molar-refractivity contribution in [3.63, 3.8) is 0 Å². The summed E-state index contributed by atoms with van der Waals surface area (Å²) in [5, 5.41) is 0. The Kier molecular flexibility index (Phi) is 12.1. The average Bonchev–Trinajstić information content (AvgIpc) is 3.12. The van der Waals surface area contributed by atoms with Gasteiger partial charge in [-0.05, 0) is 34.4 Å². The maximum Gasteiger partial charge on any atom is 0.137 e. The maximum atomic E-state index is 6.92. The summed E-state index contributed by atoms with van der Waals surface area (Å²) < 4.78 is 33.6. The number of hydrogen-bond acceptors (Lipinski definition) is 6. The molecule has 5 aromatic rings. The van der Waals surface area contributed by atoms with Gasteiger partial charge < -0.3 is 23.7 Å². The van der Waals surface area contributed by atoms with Crippen molar-refractivity contribution in [2.45, 2.75) is 61.2 Å². The molecule has 1 aliphatic rings. The lowest BCUT2D eigenvalue weighted by molar-refractivity contribution is -0.254. The summed E-state index contributed by atoms with van der Waals surface area (Å²) in [6.07, 6.45) is -1.72. The number of thioether (sulfide) groups is 1. The summed E-state index contributed by atoms with van der Waals surface area (Å²) in [5.74, 6) is 0. The molecule has 5 atom stereocenters. The van der Waals surface area contributed by atoms with Gasteiger partial charge >= 0.3 is 0 Å². The third-order valence-electron chi connectivity index (χ3n) is 7.84. The van der Waals surface area contributed by atoms with Crippen molar-refractivity contribution < 1.29 is 23.7 Å². The van der Waals surface area contributed by atoms with Crippen LogP contribution in [0.3, 0.4) is 0 Å². The zero-order valence-electron chi connectivity index (χ0n) is 25.8. The standard InChI is InChI=1S/C40H40O5S/c1-6-16-31(17-7-1)26-41-30-36-37(42-27-32-18-8-2-9-19-32)38(43-28-33-20-10-3-11-21-33)39(44-29-34-22-12-4-13-23-34)40(45-36)46-35-24-14-5-15-25-35/h1-25,36-40H,26-30H2/t36-,37+,38+,39-,40+/m1/s1. The molecule has 6 heteroatoms. The van der Waals surface area contributed by atoms with Crippen LogP contribution in [0.2, 0.25) is 0 Å². The Hall–Kier alpha value is -3.75. The summed E-state index contributed by atoms with van der Waals surface area (Å²) in [6, 6.07) is 51.2. The zero-order chi connectivity index (χ0) is 31.2. The van der Waals surface area contributed by atoms with Gasteiger partial charge in [-0.1, -0.05) is 151 Å². The lowest BCUT2D eigenvalue weighted by Gasteiger charge is -2.46. The average molecular weight is 633 g/mol. The molecule has 1 fully saturated rings. The first kappa shape index (κ1) is 32.2. The van der Waals surface area contributed by atoms with Crippen LogP contribution >= 0.6 is 11.8 Å². The van der Waals surface area contributed by atoms with E-state index in [1.165, 1.54) is 0 Å². The van der Waals surface area contributed by atoms with E-state index in [-0.39, 0.29) is 5.44 Å². The highest BCUT2D eigenvalue weighted by molar-refractivity contribution is 7.99. The Morgan fingerprint density at radius 1 is 0.435 bits per heavy atom. The van der Waals surface area contributed by atoms with E-state index >= 15 is 0 Å². The van der Waals surface area contributed by atoms with Gasteiger partial charge in [0.25, 0.3) is 0 Å². The van der Waals surface area contributed by atoms with Crippen molar-refractivity contribution in [1.29, 1.82) is 0 Å². The molecule has 5 aromatic carbocycles. The quantitative estimate of drug-likeness (QED) is 0.115. The molecule has 0 amide bonds. The highest BCUT2D eigenvalue weighted by Gasteiger charge is 2.48. The predicted molar refractivity (Wildman–Crippen MR) is 182 cm³/mol. The molecule has 0 saturated carbocycles. The van der Waals surface area contributed by atoms with E-state index in [0.29, 0.717) is 33.0 Å². The maximum absolute atomic E-state index is 6.92. The van der Waals surface area contributed by atoms with Crippen LogP contribution in [0.15, 0.2) is 157 Å². The molecular formula is C40H40O5S. The van der Waals surface area contributed by atoms with Crippen LogP contribution in [0, 0.1) is 0 Å². The highest BCUT2D eigenvalue weighted by atomic mass is 32.2. The van der Waals surface area contributed by atoms with Crippen LogP contribution in [-0.2, 0) is 50.1 Å². The Morgan fingerprint density at radius 3 is 1.30 bits per heavy atom. The van der Waals surface area contributed by atoms with E-state index in [2.05, 4.69) is 60.7 Å². The molecule has 1 aliphatic heterocycles. The monoisotopic (exact) mass is 632 g/mol. The van der Waals surface area contributed by atoms with Crippen molar-refractivity contribution in [3.8, 4) is 0 Å². The van der Waals surface area contributed by atoms with Crippen molar-refractivity contribution in [2.75, 3.05) is 6.61 Å². The topological polar surface area (TPSA) is 46.2 Å². The molecule has 0 aliphatic carbocycles. The zero-order valence-corrected chi connectivity index (χ0v) is 26.6. The van der Waals surface area contributed by atoms with Crippen LogP contribution in [0.4, 0.5) is 0 Å².